The first kappa shape index (κ1) is 34.7. The number of hydrogen-bond acceptors (Lipinski definition) is 2. The monoisotopic (exact) mass is 769 g/mol. The summed E-state index contributed by atoms with van der Waals surface area (Å²) in [4.78, 5) is 5.03. The molecule has 0 aliphatic heterocycles. The Morgan fingerprint density at radius 1 is 0.383 bits per heavy atom. The van der Waals surface area contributed by atoms with Crippen LogP contribution in [0, 0.1) is 0 Å². The number of aromatic nitrogens is 1. The van der Waals surface area contributed by atoms with Gasteiger partial charge in [-0.05, 0) is 138 Å². The topological polar surface area (TPSA) is 11.4 Å². The van der Waals surface area contributed by atoms with Crippen molar-refractivity contribution in [2.75, 3.05) is 9.80 Å². The molecule has 10 aromatic rings. The fraction of sp³-hybridized carbons (Fsp3) is 0.0877. The molecule has 0 N–H and O–H groups in total. The molecule has 286 valence electrons. The van der Waals surface area contributed by atoms with Crippen molar-refractivity contribution in [3.63, 3.8) is 0 Å². The van der Waals surface area contributed by atoms with Gasteiger partial charge in [0.1, 0.15) is 0 Å². The van der Waals surface area contributed by atoms with Crippen molar-refractivity contribution in [2.45, 2.75) is 31.1 Å². The summed E-state index contributed by atoms with van der Waals surface area (Å²) in [6.45, 7) is 0. The molecule has 0 saturated carbocycles. The lowest BCUT2D eigenvalue weighted by Crippen LogP contribution is -2.27. The number of aryl methyl sites for hydroxylation is 2. The Morgan fingerprint density at radius 2 is 0.900 bits per heavy atom. The number of para-hydroxylation sites is 4. The van der Waals surface area contributed by atoms with Crippen molar-refractivity contribution >= 4 is 66.7 Å². The Morgan fingerprint density at radius 3 is 1.48 bits per heavy atom. The minimum Gasteiger partial charge on any atom is -0.310 e. The number of anilines is 6. The molecule has 3 heteroatoms. The average molecular weight is 770 g/mol. The minimum absolute atomic E-state index is 0.158. The van der Waals surface area contributed by atoms with Crippen LogP contribution in [-0.4, -0.2) is 4.57 Å². The second-order valence-electron chi connectivity index (χ2n) is 16.4. The summed E-state index contributed by atoms with van der Waals surface area (Å²) in [7, 11) is 0. The van der Waals surface area contributed by atoms with Gasteiger partial charge < -0.3 is 14.4 Å². The van der Waals surface area contributed by atoms with Crippen molar-refractivity contribution in [1.29, 1.82) is 0 Å². The highest BCUT2D eigenvalue weighted by atomic mass is 15.2. The number of hydrogen-bond donors (Lipinski definition) is 0. The first-order chi connectivity index (χ1) is 29.8. The summed E-state index contributed by atoms with van der Waals surface area (Å²) in [5.41, 5.74) is 16.5. The maximum atomic E-state index is 2.54. The van der Waals surface area contributed by atoms with E-state index in [4.69, 9.17) is 0 Å². The van der Waals surface area contributed by atoms with E-state index < -0.39 is 0 Å². The molecule has 0 radical (unpaired) electrons. The normalized spacial score (nSPS) is 15.5. The van der Waals surface area contributed by atoms with Gasteiger partial charge in [0, 0.05) is 44.6 Å². The largest absolute Gasteiger partial charge is 0.310 e. The van der Waals surface area contributed by atoms with E-state index in [2.05, 4.69) is 227 Å². The molecule has 12 rings (SSSR count). The highest BCUT2D eigenvalue weighted by Gasteiger charge is 2.49. The minimum atomic E-state index is -0.158. The summed E-state index contributed by atoms with van der Waals surface area (Å²) < 4.78 is 2.46. The van der Waals surface area contributed by atoms with Crippen LogP contribution in [0.3, 0.4) is 0 Å². The molecule has 9 aromatic carbocycles. The Hall–Kier alpha value is -7.36. The maximum Gasteiger partial charge on any atom is 0.0562 e. The van der Waals surface area contributed by atoms with Crippen LogP contribution in [-0.2, 0) is 18.3 Å². The Balaban J connectivity index is 1.10. The molecule has 60 heavy (non-hydrogen) atoms. The van der Waals surface area contributed by atoms with Crippen LogP contribution in [0.2, 0.25) is 0 Å². The van der Waals surface area contributed by atoms with Gasteiger partial charge in [0.15, 0.2) is 0 Å². The predicted molar refractivity (Wildman–Crippen MR) is 252 cm³/mol. The van der Waals surface area contributed by atoms with E-state index in [9.17, 15) is 0 Å². The molecule has 0 unspecified atom stereocenters. The second-order valence-corrected chi connectivity index (χ2v) is 16.4. The van der Waals surface area contributed by atoms with Crippen LogP contribution in [0.15, 0.2) is 212 Å². The summed E-state index contributed by atoms with van der Waals surface area (Å²) in [5.74, 6) is 0. The Labute approximate surface area is 351 Å². The molecule has 3 nitrogen and oxygen atoms in total. The van der Waals surface area contributed by atoms with Crippen LogP contribution < -0.4 is 9.80 Å². The van der Waals surface area contributed by atoms with Crippen molar-refractivity contribution in [3.8, 4) is 5.69 Å². The van der Waals surface area contributed by atoms with Gasteiger partial charge in [0.2, 0.25) is 0 Å². The summed E-state index contributed by atoms with van der Waals surface area (Å²) in [6.07, 6.45) is 4.26. The fourth-order valence-corrected chi connectivity index (χ4v) is 10.9. The molecule has 2 aliphatic rings. The summed E-state index contributed by atoms with van der Waals surface area (Å²) in [5, 5.41) is 5.08. The van der Waals surface area contributed by atoms with E-state index in [1.54, 1.807) is 0 Å². The van der Waals surface area contributed by atoms with Crippen LogP contribution in [0.5, 0.6) is 0 Å². The molecular formula is C57H43N3. The predicted octanol–water partition coefficient (Wildman–Crippen LogP) is 15.1. The second kappa shape index (κ2) is 13.9. The van der Waals surface area contributed by atoms with Crippen LogP contribution in [0.4, 0.5) is 34.1 Å². The highest BCUT2D eigenvalue weighted by molar-refractivity contribution is 6.21. The maximum absolute atomic E-state index is 2.54. The van der Waals surface area contributed by atoms with Crippen molar-refractivity contribution in [2.24, 2.45) is 0 Å². The quantitative estimate of drug-likeness (QED) is 0.160. The van der Waals surface area contributed by atoms with Crippen molar-refractivity contribution in [1.82, 2.24) is 4.57 Å². The van der Waals surface area contributed by atoms with E-state index in [1.807, 2.05) is 0 Å². The van der Waals surface area contributed by atoms with Crippen LogP contribution in [0.25, 0.3) is 38.3 Å². The number of benzene rings is 9. The lowest BCUT2D eigenvalue weighted by molar-refractivity contribution is 0.508. The number of rotatable bonds is 7. The third-order valence-electron chi connectivity index (χ3n) is 13.3. The Kier molecular flexibility index (Phi) is 8.02. The number of nitrogens with zero attached hydrogens (tertiary/aromatic N) is 3. The van der Waals surface area contributed by atoms with E-state index in [0.717, 1.165) is 42.7 Å². The lowest BCUT2D eigenvalue weighted by atomic mass is 9.74. The molecule has 0 fully saturated rings. The van der Waals surface area contributed by atoms with Gasteiger partial charge in [-0.15, -0.1) is 0 Å². The molecule has 0 amide bonds. The molecule has 1 aromatic heterocycles. The van der Waals surface area contributed by atoms with Gasteiger partial charge in [-0.2, -0.15) is 0 Å². The van der Waals surface area contributed by atoms with Crippen LogP contribution >= 0.6 is 0 Å². The van der Waals surface area contributed by atoms with Crippen LogP contribution in [0.1, 0.15) is 35.1 Å². The van der Waals surface area contributed by atoms with Crippen molar-refractivity contribution in [3.05, 3.63) is 235 Å². The first-order valence-corrected chi connectivity index (χ1v) is 21.3. The molecule has 1 atom stereocenters. The molecule has 1 heterocycles. The molecule has 0 saturated heterocycles. The van der Waals surface area contributed by atoms with Gasteiger partial charge in [-0.1, -0.05) is 133 Å². The standard InChI is InChI=1S/C57H43N3/c1-5-20-43(21-6-1)58(44-22-7-2-8-23-44)51-29-15-18-41-35-37-57(55(41)51)38-36-42-19-16-30-52(56(42)57)59(45-24-9-3-10-25-45)47-32-33-49-53(39-47)60(46-26-11-4-12-27-46)50-34-31-40-17-13-14-28-48(40)54(49)50/h1-34,39H,35-38H2/t57-/m1/s1. The average Bonchev–Trinajstić information content (AvgIpc) is 4.00. The van der Waals surface area contributed by atoms with Gasteiger partial charge in [-0.25, -0.2) is 0 Å². The number of fused-ring (bicyclic) bond motifs is 9. The smallest absolute Gasteiger partial charge is 0.0562 e. The molecule has 2 aliphatic carbocycles. The first-order valence-electron chi connectivity index (χ1n) is 21.3. The zero-order chi connectivity index (χ0) is 39.6. The van der Waals surface area contributed by atoms with Crippen molar-refractivity contribution < 1.29 is 0 Å². The molecule has 1 spiro atoms. The van der Waals surface area contributed by atoms with E-state index >= 15 is 0 Å². The highest BCUT2D eigenvalue weighted by Crippen LogP contribution is 2.60. The van der Waals surface area contributed by atoms with Gasteiger partial charge in [-0.3, -0.25) is 0 Å². The molecular weight excluding hydrogens is 727 g/mol. The van der Waals surface area contributed by atoms with Gasteiger partial charge in [0.05, 0.1) is 22.4 Å². The van der Waals surface area contributed by atoms with E-state index in [0.29, 0.717) is 0 Å². The Bertz CT molecular complexity index is 3160. The summed E-state index contributed by atoms with van der Waals surface area (Å²) in [6, 6.07) is 78.3. The van der Waals surface area contributed by atoms with Gasteiger partial charge >= 0.3 is 0 Å². The summed E-state index contributed by atoms with van der Waals surface area (Å²) >= 11 is 0. The lowest BCUT2D eigenvalue weighted by Gasteiger charge is -2.37. The van der Waals surface area contributed by atoms with Gasteiger partial charge in [0.25, 0.3) is 0 Å². The molecule has 0 bridgehead atoms. The zero-order valence-corrected chi connectivity index (χ0v) is 33.4. The van der Waals surface area contributed by atoms with E-state index in [1.165, 1.54) is 77.6 Å². The fourth-order valence-electron chi connectivity index (χ4n) is 10.9. The third-order valence-corrected chi connectivity index (χ3v) is 13.3. The SMILES string of the molecule is c1ccc(N(c2ccccc2)c2cccc3c2[C@@]2(CC3)CCc3cccc(N(c4ccccc4)c4ccc5c6c7ccccc7ccc6n(-c6ccccc6)c5c4)c32)cc1. The van der Waals surface area contributed by atoms with E-state index in [-0.39, 0.29) is 5.41 Å². The third kappa shape index (κ3) is 5.29. The zero-order valence-electron chi connectivity index (χ0n) is 33.4.